The second-order valence-corrected chi connectivity index (χ2v) is 5.69. The number of H-pyrrole nitrogens is 1. The van der Waals surface area contributed by atoms with E-state index in [-0.39, 0.29) is 5.56 Å². The Morgan fingerprint density at radius 2 is 1.86 bits per heavy atom. The summed E-state index contributed by atoms with van der Waals surface area (Å²) in [4.78, 5) is 30.8. The Bertz CT molecular complexity index is 1110. The molecule has 144 valence electrons. The number of para-hydroxylation sites is 2. The molecule has 1 aromatic heterocycles. The van der Waals surface area contributed by atoms with E-state index in [1.807, 2.05) is 6.92 Å². The summed E-state index contributed by atoms with van der Waals surface area (Å²) in [5, 5.41) is 10.6. The van der Waals surface area contributed by atoms with Crippen LogP contribution in [0.3, 0.4) is 0 Å². The molecule has 0 aliphatic rings. The number of methoxy groups -OCH3 is 1. The number of aliphatic imine (C=N–C) groups is 1. The number of hydrogen-bond donors (Lipinski definition) is 2. The van der Waals surface area contributed by atoms with Gasteiger partial charge in [-0.05, 0) is 43.3 Å². The van der Waals surface area contributed by atoms with Crippen molar-refractivity contribution in [3.05, 3.63) is 74.9 Å². The molecule has 1 heterocycles. The highest BCUT2D eigenvalue weighted by atomic mass is 16.5. The summed E-state index contributed by atoms with van der Waals surface area (Å²) < 4.78 is 11.6. The van der Waals surface area contributed by atoms with Gasteiger partial charge in [-0.15, -0.1) is 0 Å². The molecule has 3 aromatic rings. The van der Waals surface area contributed by atoms with E-state index >= 15 is 0 Å². The fraction of sp³-hybridized carbons (Fsp3) is 0.150. The Kier molecular flexibility index (Phi) is 5.59. The van der Waals surface area contributed by atoms with Gasteiger partial charge in [-0.1, -0.05) is 12.1 Å². The topological polar surface area (TPSA) is 106 Å². The lowest BCUT2D eigenvalue weighted by atomic mass is 10.2. The van der Waals surface area contributed by atoms with Gasteiger partial charge in [0.15, 0.2) is 0 Å². The standard InChI is InChI=1S/C20H19N3O5/c1-3-28-14-10-8-13(9-11-14)23-19(25)15(18(24)22-20(23)26)12-21-16-6-4-5-7-17(16)27-2/h4-12,25H,3H2,1-2H3,(H,22,24,26). The highest BCUT2D eigenvalue weighted by Crippen LogP contribution is 2.26. The normalized spacial score (nSPS) is 10.9. The highest BCUT2D eigenvalue weighted by molar-refractivity contribution is 5.85. The van der Waals surface area contributed by atoms with Crippen molar-refractivity contribution in [3.8, 4) is 23.1 Å². The lowest BCUT2D eigenvalue weighted by Crippen LogP contribution is -2.31. The van der Waals surface area contributed by atoms with Crippen molar-refractivity contribution < 1.29 is 14.6 Å². The number of nitrogens with one attached hydrogen (secondary N) is 1. The predicted molar refractivity (Wildman–Crippen MR) is 106 cm³/mol. The van der Waals surface area contributed by atoms with E-state index in [0.717, 1.165) is 4.57 Å². The zero-order valence-electron chi connectivity index (χ0n) is 15.4. The first kappa shape index (κ1) is 19.0. The van der Waals surface area contributed by atoms with Crippen LogP contribution in [0.5, 0.6) is 17.4 Å². The van der Waals surface area contributed by atoms with Gasteiger partial charge in [0.2, 0.25) is 5.88 Å². The molecule has 0 fully saturated rings. The van der Waals surface area contributed by atoms with E-state index in [2.05, 4.69) is 9.98 Å². The van der Waals surface area contributed by atoms with Crippen molar-refractivity contribution >= 4 is 11.9 Å². The number of ether oxygens (including phenoxy) is 2. The first-order chi connectivity index (χ1) is 13.5. The molecule has 0 amide bonds. The van der Waals surface area contributed by atoms with Gasteiger partial charge in [0.05, 0.1) is 19.4 Å². The third-order valence-electron chi connectivity index (χ3n) is 3.94. The zero-order valence-corrected chi connectivity index (χ0v) is 15.4. The molecule has 0 unspecified atom stereocenters. The maximum Gasteiger partial charge on any atom is 0.335 e. The summed E-state index contributed by atoms with van der Waals surface area (Å²) in [6, 6.07) is 13.5. The fourth-order valence-electron chi connectivity index (χ4n) is 2.62. The van der Waals surface area contributed by atoms with Gasteiger partial charge in [0.1, 0.15) is 22.7 Å². The fourth-order valence-corrected chi connectivity index (χ4v) is 2.62. The first-order valence-corrected chi connectivity index (χ1v) is 8.53. The van der Waals surface area contributed by atoms with E-state index in [9.17, 15) is 14.7 Å². The highest BCUT2D eigenvalue weighted by Gasteiger charge is 2.14. The summed E-state index contributed by atoms with van der Waals surface area (Å²) in [7, 11) is 1.50. The van der Waals surface area contributed by atoms with Gasteiger partial charge in [0, 0.05) is 6.21 Å². The van der Waals surface area contributed by atoms with Crippen LogP contribution in [0.25, 0.3) is 5.69 Å². The number of nitrogens with zero attached hydrogens (tertiary/aromatic N) is 2. The molecule has 0 bridgehead atoms. The molecule has 0 radical (unpaired) electrons. The van der Waals surface area contributed by atoms with Crippen molar-refractivity contribution in [1.82, 2.24) is 9.55 Å². The summed E-state index contributed by atoms with van der Waals surface area (Å²) in [6.45, 7) is 2.37. The smallest absolute Gasteiger partial charge is 0.335 e. The summed E-state index contributed by atoms with van der Waals surface area (Å²) >= 11 is 0. The SMILES string of the molecule is CCOc1ccc(-n2c(O)c(C=Nc3ccccc3OC)c(=O)[nH]c2=O)cc1. The van der Waals surface area contributed by atoms with Gasteiger partial charge >= 0.3 is 5.69 Å². The summed E-state index contributed by atoms with van der Waals surface area (Å²) in [6.07, 6.45) is 1.19. The maximum atomic E-state index is 12.3. The van der Waals surface area contributed by atoms with Crippen LogP contribution in [-0.4, -0.2) is 34.6 Å². The van der Waals surface area contributed by atoms with E-state index in [1.54, 1.807) is 48.5 Å². The third-order valence-corrected chi connectivity index (χ3v) is 3.94. The van der Waals surface area contributed by atoms with Gasteiger partial charge in [-0.3, -0.25) is 14.8 Å². The first-order valence-electron chi connectivity index (χ1n) is 8.53. The van der Waals surface area contributed by atoms with Gasteiger partial charge in [-0.2, -0.15) is 0 Å². The molecule has 2 N–H and O–H groups in total. The largest absolute Gasteiger partial charge is 0.494 e. The predicted octanol–water partition coefficient (Wildman–Crippen LogP) is 2.39. The minimum absolute atomic E-state index is 0.153. The third kappa shape index (κ3) is 3.80. The molecule has 0 aliphatic heterocycles. The zero-order chi connectivity index (χ0) is 20.1. The average Bonchev–Trinajstić information content (AvgIpc) is 2.69. The van der Waals surface area contributed by atoms with Gasteiger partial charge in [0.25, 0.3) is 5.56 Å². The number of rotatable bonds is 6. The lowest BCUT2D eigenvalue weighted by Gasteiger charge is -2.10. The van der Waals surface area contributed by atoms with Crippen molar-refractivity contribution in [3.63, 3.8) is 0 Å². The van der Waals surface area contributed by atoms with Gasteiger partial charge in [-0.25, -0.2) is 9.36 Å². The van der Waals surface area contributed by atoms with Crippen LogP contribution in [-0.2, 0) is 0 Å². The van der Waals surface area contributed by atoms with E-state index < -0.39 is 17.1 Å². The average molecular weight is 381 g/mol. The second kappa shape index (κ2) is 8.26. The van der Waals surface area contributed by atoms with Gasteiger partial charge < -0.3 is 14.6 Å². The molecular formula is C20H19N3O5. The Morgan fingerprint density at radius 3 is 2.54 bits per heavy atom. The van der Waals surface area contributed by atoms with E-state index in [4.69, 9.17) is 9.47 Å². The van der Waals surface area contributed by atoms with Crippen LogP contribution in [0.4, 0.5) is 5.69 Å². The molecule has 0 saturated carbocycles. The molecular weight excluding hydrogens is 362 g/mol. The molecule has 0 atom stereocenters. The summed E-state index contributed by atoms with van der Waals surface area (Å²) in [5.41, 5.74) is -0.819. The van der Waals surface area contributed by atoms with Crippen molar-refractivity contribution in [2.45, 2.75) is 6.92 Å². The van der Waals surface area contributed by atoms with Crippen LogP contribution in [0.15, 0.2) is 63.1 Å². The van der Waals surface area contributed by atoms with Crippen molar-refractivity contribution in [2.75, 3.05) is 13.7 Å². The van der Waals surface area contributed by atoms with E-state index in [0.29, 0.717) is 29.5 Å². The number of aromatic hydroxyl groups is 1. The Hall–Kier alpha value is -3.81. The maximum absolute atomic E-state index is 12.3. The molecule has 0 aliphatic carbocycles. The molecule has 3 rings (SSSR count). The Labute approximate surface area is 160 Å². The summed E-state index contributed by atoms with van der Waals surface area (Å²) in [5.74, 6) is 0.618. The monoisotopic (exact) mass is 381 g/mol. The minimum Gasteiger partial charge on any atom is -0.494 e. The van der Waals surface area contributed by atoms with Crippen molar-refractivity contribution in [1.29, 1.82) is 0 Å². The number of benzene rings is 2. The molecule has 2 aromatic carbocycles. The van der Waals surface area contributed by atoms with Crippen LogP contribution in [0.2, 0.25) is 0 Å². The molecule has 8 nitrogen and oxygen atoms in total. The molecule has 8 heteroatoms. The second-order valence-electron chi connectivity index (χ2n) is 5.69. The van der Waals surface area contributed by atoms with Crippen LogP contribution >= 0.6 is 0 Å². The lowest BCUT2D eigenvalue weighted by molar-refractivity contribution is 0.340. The minimum atomic E-state index is -0.763. The van der Waals surface area contributed by atoms with E-state index in [1.165, 1.54) is 13.3 Å². The molecule has 0 saturated heterocycles. The van der Waals surface area contributed by atoms with Crippen LogP contribution in [0.1, 0.15) is 12.5 Å². The Balaban J connectivity index is 2.06. The quantitative estimate of drug-likeness (QED) is 0.638. The van der Waals surface area contributed by atoms with Crippen LogP contribution < -0.4 is 20.7 Å². The van der Waals surface area contributed by atoms with Crippen LogP contribution in [0, 0.1) is 0 Å². The van der Waals surface area contributed by atoms with Crippen molar-refractivity contribution in [2.24, 2.45) is 4.99 Å². The molecule has 0 spiro atoms. The Morgan fingerprint density at radius 1 is 1.14 bits per heavy atom. The number of aromatic nitrogens is 2. The molecule has 28 heavy (non-hydrogen) atoms. The number of aromatic amines is 1. The number of hydrogen-bond acceptors (Lipinski definition) is 6.